The Bertz CT molecular complexity index is 782. The molecule has 1 heterocycles. The Morgan fingerprint density at radius 3 is 2.23 bits per heavy atom. The van der Waals surface area contributed by atoms with E-state index < -0.39 is 11.7 Å². The SMILES string of the molecule is Cn1c(CCc2ccc(C(F)(F)F)cc2)cc2ccccc21. The number of aromatic nitrogens is 1. The maximum Gasteiger partial charge on any atom is 0.416 e. The molecule has 0 spiro atoms. The standard InChI is InChI=1S/C18H16F3N/c1-22-16(12-14-4-2-3-5-17(14)22)11-8-13-6-9-15(10-7-13)18(19,20)21/h2-7,9-10,12H,8,11H2,1H3. The molecule has 0 unspecified atom stereocenters. The van der Waals surface area contributed by atoms with E-state index in [1.54, 1.807) is 12.1 Å². The van der Waals surface area contributed by atoms with Crippen molar-refractivity contribution in [2.75, 3.05) is 0 Å². The van der Waals surface area contributed by atoms with Crippen molar-refractivity contribution in [1.82, 2.24) is 4.57 Å². The van der Waals surface area contributed by atoms with Crippen molar-refractivity contribution < 1.29 is 13.2 Å². The van der Waals surface area contributed by atoms with Crippen LogP contribution >= 0.6 is 0 Å². The first-order valence-electron chi connectivity index (χ1n) is 7.14. The first-order valence-corrected chi connectivity index (χ1v) is 7.14. The molecule has 2 aromatic carbocycles. The highest BCUT2D eigenvalue weighted by molar-refractivity contribution is 5.81. The van der Waals surface area contributed by atoms with Crippen LogP contribution in [0.3, 0.4) is 0 Å². The number of hydrogen-bond donors (Lipinski definition) is 0. The number of halogens is 3. The average Bonchev–Trinajstić information content (AvgIpc) is 2.82. The van der Waals surface area contributed by atoms with Crippen molar-refractivity contribution in [3.63, 3.8) is 0 Å². The van der Waals surface area contributed by atoms with E-state index in [-0.39, 0.29) is 0 Å². The fourth-order valence-corrected chi connectivity index (χ4v) is 2.72. The summed E-state index contributed by atoms with van der Waals surface area (Å²) in [5.41, 5.74) is 2.67. The van der Waals surface area contributed by atoms with Gasteiger partial charge in [-0.15, -0.1) is 0 Å². The van der Waals surface area contributed by atoms with Crippen molar-refractivity contribution in [3.05, 3.63) is 71.4 Å². The van der Waals surface area contributed by atoms with Crippen LogP contribution < -0.4 is 0 Å². The molecule has 0 N–H and O–H groups in total. The summed E-state index contributed by atoms with van der Waals surface area (Å²) in [6, 6.07) is 15.7. The molecule has 3 aromatic rings. The van der Waals surface area contributed by atoms with E-state index in [0.717, 1.165) is 30.5 Å². The Hall–Kier alpha value is -2.23. The van der Waals surface area contributed by atoms with E-state index in [9.17, 15) is 13.2 Å². The van der Waals surface area contributed by atoms with Crippen LogP contribution in [0.15, 0.2) is 54.6 Å². The lowest BCUT2D eigenvalue weighted by atomic mass is 10.1. The number of benzene rings is 2. The van der Waals surface area contributed by atoms with Gasteiger partial charge in [-0.2, -0.15) is 13.2 Å². The van der Waals surface area contributed by atoms with Gasteiger partial charge < -0.3 is 4.57 Å². The van der Waals surface area contributed by atoms with Gasteiger partial charge in [0.15, 0.2) is 0 Å². The van der Waals surface area contributed by atoms with E-state index in [1.807, 2.05) is 19.2 Å². The quantitative estimate of drug-likeness (QED) is 0.643. The number of fused-ring (bicyclic) bond motifs is 1. The smallest absolute Gasteiger partial charge is 0.348 e. The summed E-state index contributed by atoms with van der Waals surface area (Å²) in [6.45, 7) is 0. The lowest BCUT2D eigenvalue weighted by Gasteiger charge is -2.08. The molecule has 1 nitrogen and oxygen atoms in total. The summed E-state index contributed by atoms with van der Waals surface area (Å²) in [4.78, 5) is 0. The molecular formula is C18H16F3N. The van der Waals surface area contributed by atoms with Crippen molar-refractivity contribution >= 4 is 10.9 Å². The van der Waals surface area contributed by atoms with Gasteiger partial charge in [0.25, 0.3) is 0 Å². The molecule has 0 saturated heterocycles. The van der Waals surface area contributed by atoms with Gasteiger partial charge in [-0.1, -0.05) is 30.3 Å². The highest BCUT2D eigenvalue weighted by atomic mass is 19.4. The van der Waals surface area contributed by atoms with Crippen molar-refractivity contribution in [1.29, 1.82) is 0 Å². The van der Waals surface area contributed by atoms with Crippen molar-refractivity contribution in [2.24, 2.45) is 7.05 Å². The molecule has 0 saturated carbocycles. The Morgan fingerprint density at radius 1 is 0.909 bits per heavy atom. The second-order valence-electron chi connectivity index (χ2n) is 5.45. The number of aryl methyl sites for hydroxylation is 3. The lowest BCUT2D eigenvalue weighted by Crippen LogP contribution is -2.05. The predicted molar refractivity (Wildman–Crippen MR) is 81.8 cm³/mol. The number of para-hydroxylation sites is 1. The summed E-state index contributed by atoms with van der Waals surface area (Å²) in [6.07, 6.45) is -2.74. The number of rotatable bonds is 3. The molecule has 0 aliphatic heterocycles. The second kappa shape index (κ2) is 5.52. The van der Waals surface area contributed by atoms with E-state index >= 15 is 0 Å². The van der Waals surface area contributed by atoms with Gasteiger partial charge in [0.2, 0.25) is 0 Å². The minimum absolute atomic E-state index is 0.596. The molecule has 0 aliphatic rings. The highest BCUT2D eigenvalue weighted by Crippen LogP contribution is 2.29. The summed E-state index contributed by atoms with van der Waals surface area (Å²) < 4.78 is 39.8. The predicted octanol–water partition coefficient (Wildman–Crippen LogP) is 4.98. The Labute approximate surface area is 127 Å². The zero-order valence-electron chi connectivity index (χ0n) is 12.2. The zero-order chi connectivity index (χ0) is 15.7. The maximum atomic E-state index is 12.5. The summed E-state index contributed by atoms with van der Waals surface area (Å²) >= 11 is 0. The number of alkyl halides is 3. The maximum absolute atomic E-state index is 12.5. The first kappa shape index (κ1) is 14.7. The van der Waals surface area contributed by atoms with Crippen molar-refractivity contribution in [2.45, 2.75) is 19.0 Å². The lowest BCUT2D eigenvalue weighted by molar-refractivity contribution is -0.137. The van der Waals surface area contributed by atoms with Crippen LogP contribution in [0.1, 0.15) is 16.8 Å². The van der Waals surface area contributed by atoms with E-state index in [2.05, 4.69) is 22.8 Å². The summed E-state index contributed by atoms with van der Waals surface area (Å²) in [5, 5.41) is 1.19. The molecule has 0 radical (unpaired) electrons. The highest BCUT2D eigenvalue weighted by Gasteiger charge is 2.29. The molecule has 1 aromatic heterocycles. The fraction of sp³-hybridized carbons (Fsp3) is 0.222. The van der Waals surface area contributed by atoms with Crippen molar-refractivity contribution in [3.8, 4) is 0 Å². The average molecular weight is 303 g/mol. The van der Waals surface area contributed by atoms with Crippen LogP contribution in [0.5, 0.6) is 0 Å². The topological polar surface area (TPSA) is 4.93 Å². The largest absolute Gasteiger partial charge is 0.416 e. The van der Waals surface area contributed by atoms with Crippen LogP contribution in [0.2, 0.25) is 0 Å². The Morgan fingerprint density at radius 2 is 1.59 bits per heavy atom. The summed E-state index contributed by atoms with van der Waals surface area (Å²) in [5.74, 6) is 0. The molecule has 0 amide bonds. The monoisotopic (exact) mass is 303 g/mol. The fourth-order valence-electron chi connectivity index (χ4n) is 2.72. The van der Waals surface area contributed by atoms with E-state index in [0.29, 0.717) is 0 Å². The molecular weight excluding hydrogens is 287 g/mol. The van der Waals surface area contributed by atoms with Gasteiger partial charge in [0.1, 0.15) is 0 Å². The third kappa shape index (κ3) is 2.86. The van der Waals surface area contributed by atoms with Gasteiger partial charge in [0.05, 0.1) is 5.56 Å². The summed E-state index contributed by atoms with van der Waals surface area (Å²) in [7, 11) is 2.02. The van der Waals surface area contributed by atoms with Gasteiger partial charge in [-0.25, -0.2) is 0 Å². The van der Waals surface area contributed by atoms with Crippen LogP contribution in [0.25, 0.3) is 10.9 Å². The molecule has 0 aliphatic carbocycles. The minimum Gasteiger partial charge on any atom is -0.348 e. The molecule has 0 atom stereocenters. The molecule has 4 heteroatoms. The van der Waals surface area contributed by atoms with Crippen LogP contribution in [0.4, 0.5) is 13.2 Å². The normalized spacial score (nSPS) is 12.0. The Balaban J connectivity index is 1.75. The number of nitrogens with zero attached hydrogens (tertiary/aromatic N) is 1. The van der Waals surface area contributed by atoms with E-state index in [1.165, 1.54) is 16.6 Å². The van der Waals surface area contributed by atoms with Crippen LogP contribution in [-0.4, -0.2) is 4.57 Å². The number of hydrogen-bond acceptors (Lipinski definition) is 0. The molecule has 0 fully saturated rings. The van der Waals surface area contributed by atoms with Crippen LogP contribution in [-0.2, 0) is 26.1 Å². The minimum atomic E-state index is -4.27. The second-order valence-corrected chi connectivity index (χ2v) is 5.45. The Kier molecular flexibility index (Phi) is 3.69. The molecule has 114 valence electrons. The molecule has 0 bridgehead atoms. The molecule has 22 heavy (non-hydrogen) atoms. The first-order chi connectivity index (χ1) is 10.4. The van der Waals surface area contributed by atoms with Gasteiger partial charge >= 0.3 is 6.18 Å². The van der Waals surface area contributed by atoms with Gasteiger partial charge in [-0.05, 0) is 48.1 Å². The van der Waals surface area contributed by atoms with Gasteiger partial charge in [-0.3, -0.25) is 0 Å². The van der Waals surface area contributed by atoms with E-state index in [4.69, 9.17) is 0 Å². The zero-order valence-corrected chi connectivity index (χ0v) is 12.2. The third-order valence-electron chi connectivity index (χ3n) is 4.00. The van der Waals surface area contributed by atoms with Crippen LogP contribution in [0, 0.1) is 0 Å². The molecule has 3 rings (SSSR count). The van der Waals surface area contributed by atoms with Gasteiger partial charge in [0, 0.05) is 18.3 Å². The third-order valence-corrected chi connectivity index (χ3v) is 4.00.